The van der Waals surface area contributed by atoms with Crippen LogP contribution in [0.2, 0.25) is 0 Å². The number of nitrogens with zero attached hydrogens (tertiary/aromatic N) is 3. The zero-order valence-electron chi connectivity index (χ0n) is 10.6. The average Bonchev–Trinajstić information content (AvgIpc) is 2.31. The maximum absolute atomic E-state index is 8.63. The Kier molecular flexibility index (Phi) is 6.78. The Labute approximate surface area is 107 Å². The molecule has 0 aliphatic carbocycles. The molecule has 0 aromatic carbocycles. The quantitative estimate of drug-likeness (QED) is 0.480. The van der Waals surface area contributed by atoms with E-state index in [9.17, 15) is 0 Å². The lowest BCUT2D eigenvalue weighted by Crippen LogP contribution is -2.10. The average molecular weight is 254 g/mol. The second-order valence-corrected chi connectivity index (χ2v) is 4.15. The minimum Gasteiger partial charge on any atom is -0.396 e. The Balaban J connectivity index is 2.07. The minimum atomic E-state index is 0.133. The molecule has 7 nitrogen and oxygen atoms in total. The molecule has 0 atom stereocenters. The minimum absolute atomic E-state index is 0.133. The predicted molar refractivity (Wildman–Crippen MR) is 71.9 cm³/mol. The molecule has 1 aromatic rings. The monoisotopic (exact) mass is 254 g/mol. The lowest BCUT2D eigenvalue weighted by Gasteiger charge is -2.05. The summed E-state index contributed by atoms with van der Waals surface area (Å²) in [5, 5.41) is 11.7. The van der Waals surface area contributed by atoms with Crippen LogP contribution in [-0.2, 0) is 0 Å². The maximum Gasteiger partial charge on any atom is 0.229 e. The molecule has 0 fully saturated rings. The number of aliphatic hydroxyl groups is 1. The van der Waals surface area contributed by atoms with Crippen molar-refractivity contribution in [3.63, 3.8) is 0 Å². The van der Waals surface area contributed by atoms with Gasteiger partial charge in [0.2, 0.25) is 17.8 Å². The highest BCUT2D eigenvalue weighted by atomic mass is 16.2. The summed E-state index contributed by atoms with van der Waals surface area (Å²) in [4.78, 5) is 11.6. The molecule has 1 rings (SSSR count). The third-order valence-electron chi connectivity index (χ3n) is 2.54. The van der Waals surface area contributed by atoms with E-state index in [2.05, 4.69) is 20.3 Å². The largest absolute Gasteiger partial charge is 0.396 e. The van der Waals surface area contributed by atoms with E-state index < -0.39 is 0 Å². The van der Waals surface area contributed by atoms with Crippen LogP contribution in [-0.4, -0.2) is 33.2 Å². The van der Waals surface area contributed by atoms with E-state index >= 15 is 0 Å². The van der Waals surface area contributed by atoms with E-state index in [0.29, 0.717) is 12.6 Å². The number of aromatic nitrogens is 3. The summed E-state index contributed by atoms with van der Waals surface area (Å²) in [7, 11) is 0. The molecule has 18 heavy (non-hydrogen) atoms. The van der Waals surface area contributed by atoms with Crippen molar-refractivity contribution in [2.75, 3.05) is 29.9 Å². The molecular formula is C11H22N6O. The molecule has 0 unspecified atom stereocenters. The van der Waals surface area contributed by atoms with Crippen molar-refractivity contribution in [1.82, 2.24) is 15.0 Å². The fourth-order valence-electron chi connectivity index (χ4n) is 1.63. The number of aliphatic hydroxyl groups excluding tert-OH is 1. The summed E-state index contributed by atoms with van der Waals surface area (Å²) in [5.74, 6) is 0.697. The number of nitrogens with two attached hydrogens (primary N) is 2. The van der Waals surface area contributed by atoms with Crippen molar-refractivity contribution in [2.45, 2.75) is 38.5 Å². The van der Waals surface area contributed by atoms with E-state index in [1.54, 1.807) is 0 Å². The molecule has 0 bridgehead atoms. The summed E-state index contributed by atoms with van der Waals surface area (Å²) < 4.78 is 0. The Hall–Kier alpha value is -1.63. The highest BCUT2D eigenvalue weighted by Gasteiger charge is 2.00. The summed E-state index contributed by atoms with van der Waals surface area (Å²) >= 11 is 0. The second-order valence-electron chi connectivity index (χ2n) is 4.15. The molecule has 102 valence electrons. The molecule has 0 amide bonds. The lowest BCUT2D eigenvalue weighted by molar-refractivity contribution is 0.282. The van der Waals surface area contributed by atoms with Gasteiger partial charge < -0.3 is 21.9 Å². The van der Waals surface area contributed by atoms with Gasteiger partial charge in [0.05, 0.1) is 0 Å². The van der Waals surface area contributed by atoms with Gasteiger partial charge in [-0.05, 0) is 12.8 Å². The van der Waals surface area contributed by atoms with Gasteiger partial charge in [-0.25, -0.2) is 0 Å². The molecule has 0 spiro atoms. The van der Waals surface area contributed by atoms with Crippen LogP contribution in [0, 0.1) is 0 Å². The number of hydrogen-bond donors (Lipinski definition) is 4. The van der Waals surface area contributed by atoms with Gasteiger partial charge in [-0.15, -0.1) is 0 Å². The van der Waals surface area contributed by atoms with E-state index in [4.69, 9.17) is 16.6 Å². The van der Waals surface area contributed by atoms with Gasteiger partial charge in [-0.1, -0.05) is 25.7 Å². The Morgan fingerprint density at radius 2 is 1.39 bits per heavy atom. The van der Waals surface area contributed by atoms with Crippen molar-refractivity contribution in [3.05, 3.63) is 0 Å². The van der Waals surface area contributed by atoms with Crippen molar-refractivity contribution in [2.24, 2.45) is 0 Å². The molecule has 0 radical (unpaired) electrons. The Bertz CT molecular complexity index is 326. The van der Waals surface area contributed by atoms with Gasteiger partial charge in [0.15, 0.2) is 0 Å². The van der Waals surface area contributed by atoms with E-state index in [1.807, 2.05) is 0 Å². The normalized spacial score (nSPS) is 10.5. The zero-order chi connectivity index (χ0) is 13.2. The van der Waals surface area contributed by atoms with Gasteiger partial charge >= 0.3 is 0 Å². The molecule has 0 saturated heterocycles. The Morgan fingerprint density at radius 3 is 2.00 bits per heavy atom. The Morgan fingerprint density at radius 1 is 0.833 bits per heavy atom. The van der Waals surface area contributed by atoms with Crippen LogP contribution in [0.25, 0.3) is 0 Å². The molecule has 7 heteroatoms. The number of nitrogen functional groups attached to an aromatic ring is 2. The predicted octanol–water partition coefficient (Wildman–Crippen LogP) is 0.781. The number of anilines is 3. The molecule has 1 heterocycles. The van der Waals surface area contributed by atoms with Gasteiger partial charge in [-0.2, -0.15) is 15.0 Å². The topological polar surface area (TPSA) is 123 Å². The summed E-state index contributed by atoms with van der Waals surface area (Å²) in [6.45, 7) is 1.09. The molecular weight excluding hydrogens is 232 g/mol. The first-order chi connectivity index (χ1) is 8.72. The number of unbranched alkanes of at least 4 members (excludes halogenated alkanes) is 5. The lowest BCUT2D eigenvalue weighted by atomic mass is 10.1. The van der Waals surface area contributed by atoms with Gasteiger partial charge in [0.1, 0.15) is 0 Å². The number of hydrogen-bond acceptors (Lipinski definition) is 7. The van der Waals surface area contributed by atoms with Gasteiger partial charge in [-0.3, -0.25) is 0 Å². The smallest absolute Gasteiger partial charge is 0.229 e. The third kappa shape index (κ3) is 6.19. The van der Waals surface area contributed by atoms with Crippen molar-refractivity contribution in [3.8, 4) is 0 Å². The third-order valence-corrected chi connectivity index (χ3v) is 2.54. The van der Waals surface area contributed by atoms with Crippen LogP contribution < -0.4 is 16.8 Å². The molecule has 0 aliphatic rings. The first-order valence-corrected chi connectivity index (χ1v) is 6.34. The summed E-state index contributed by atoms with van der Waals surface area (Å²) in [6.07, 6.45) is 6.56. The first kappa shape index (κ1) is 14.4. The molecule has 0 aliphatic heterocycles. The highest BCUT2D eigenvalue weighted by molar-refractivity contribution is 5.36. The van der Waals surface area contributed by atoms with Gasteiger partial charge in [0, 0.05) is 13.2 Å². The van der Waals surface area contributed by atoms with E-state index in [-0.39, 0.29) is 11.9 Å². The van der Waals surface area contributed by atoms with Gasteiger partial charge in [0.25, 0.3) is 0 Å². The van der Waals surface area contributed by atoms with E-state index in [0.717, 1.165) is 32.2 Å². The van der Waals surface area contributed by atoms with Crippen LogP contribution in [0.5, 0.6) is 0 Å². The van der Waals surface area contributed by atoms with E-state index in [1.165, 1.54) is 12.8 Å². The molecule has 1 aromatic heterocycles. The van der Waals surface area contributed by atoms with Crippen LogP contribution in [0.4, 0.5) is 17.8 Å². The first-order valence-electron chi connectivity index (χ1n) is 6.34. The second kappa shape index (κ2) is 8.46. The van der Waals surface area contributed by atoms with Crippen LogP contribution >= 0.6 is 0 Å². The van der Waals surface area contributed by atoms with Crippen LogP contribution in [0.1, 0.15) is 38.5 Å². The SMILES string of the molecule is Nc1nc(N)nc(NCCCCCCCCO)n1. The number of nitrogens with one attached hydrogen (secondary N) is 1. The standard InChI is InChI=1S/C11H22N6O/c12-9-15-10(13)17-11(16-9)14-7-5-3-1-2-4-6-8-18/h18H,1-8H2,(H5,12,13,14,15,16,17). The summed E-state index contributed by atoms with van der Waals surface area (Å²) in [5.41, 5.74) is 10.9. The zero-order valence-corrected chi connectivity index (χ0v) is 10.6. The fourth-order valence-corrected chi connectivity index (χ4v) is 1.63. The van der Waals surface area contributed by atoms with Crippen molar-refractivity contribution < 1.29 is 5.11 Å². The molecule has 0 saturated carbocycles. The fraction of sp³-hybridized carbons (Fsp3) is 0.727. The van der Waals surface area contributed by atoms with Crippen molar-refractivity contribution >= 4 is 17.8 Å². The maximum atomic E-state index is 8.63. The molecule has 6 N–H and O–H groups in total. The van der Waals surface area contributed by atoms with Crippen molar-refractivity contribution in [1.29, 1.82) is 0 Å². The number of rotatable bonds is 9. The summed E-state index contributed by atoms with van der Waals surface area (Å²) in [6, 6.07) is 0. The highest BCUT2D eigenvalue weighted by Crippen LogP contribution is 2.07. The van der Waals surface area contributed by atoms with Crippen LogP contribution in [0.3, 0.4) is 0 Å². The van der Waals surface area contributed by atoms with Crippen LogP contribution in [0.15, 0.2) is 0 Å².